The second-order valence-electron chi connectivity index (χ2n) is 5.27. The SMILES string of the molecule is O=[N+]([O-])c1ccc(N2CCCC(CCO)C2)c(C(F)F)c1. The zero-order chi connectivity index (χ0) is 15.4. The van der Waals surface area contributed by atoms with Gasteiger partial charge in [-0.15, -0.1) is 0 Å². The molecule has 0 amide bonds. The summed E-state index contributed by atoms with van der Waals surface area (Å²) in [6.07, 6.45) is -0.274. The first kappa shape index (κ1) is 15.6. The van der Waals surface area contributed by atoms with Crippen molar-refractivity contribution in [1.29, 1.82) is 0 Å². The van der Waals surface area contributed by atoms with Gasteiger partial charge in [-0.1, -0.05) is 0 Å². The first-order chi connectivity index (χ1) is 10.0. The minimum atomic E-state index is -2.75. The molecule has 0 aromatic heterocycles. The molecular formula is C14H18F2N2O3. The zero-order valence-electron chi connectivity index (χ0n) is 11.5. The molecule has 21 heavy (non-hydrogen) atoms. The lowest BCUT2D eigenvalue weighted by Gasteiger charge is -2.35. The Kier molecular flexibility index (Phi) is 5.06. The minimum Gasteiger partial charge on any atom is -0.396 e. The molecule has 7 heteroatoms. The summed E-state index contributed by atoms with van der Waals surface area (Å²) in [7, 11) is 0. The predicted molar refractivity (Wildman–Crippen MR) is 74.7 cm³/mol. The number of alkyl halides is 2. The number of anilines is 1. The average Bonchev–Trinajstić information content (AvgIpc) is 2.47. The van der Waals surface area contributed by atoms with Crippen LogP contribution < -0.4 is 4.90 Å². The van der Waals surface area contributed by atoms with Crippen LogP contribution in [0.3, 0.4) is 0 Å². The molecule has 1 aliphatic rings. The number of non-ortho nitro benzene ring substituents is 1. The van der Waals surface area contributed by atoms with Crippen LogP contribution >= 0.6 is 0 Å². The van der Waals surface area contributed by atoms with E-state index in [1.54, 1.807) is 0 Å². The molecule has 1 fully saturated rings. The van der Waals surface area contributed by atoms with Gasteiger partial charge in [-0.25, -0.2) is 8.78 Å². The van der Waals surface area contributed by atoms with Crippen LogP contribution in [0.25, 0.3) is 0 Å². The Morgan fingerprint density at radius 2 is 2.24 bits per heavy atom. The molecule has 1 aromatic rings. The fourth-order valence-electron chi connectivity index (χ4n) is 2.82. The number of rotatable bonds is 5. The largest absolute Gasteiger partial charge is 0.396 e. The van der Waals surface area contributed by atoms with E-state index in [2.05, 4.69) is 0 Å². The van der Waals surface area contributed by atoms with Crippen LogP contribution in [0.15, 0.2) is 18.2 Å². The number of benzene rings is 1. The van der Waals surface area contributed by atoms with E-state index in [1.807, 2.05) is 4.90 Å². The molecule has 0 aliphatic carbocycles. The molecule has 1 N–H and O–H groups in total. The third kappa shape index (κ3) is 3.66. The average molecular weight is 300 g/mol. The van der Waals surface area contributed by atoms with Gasteiger partial charge in [0.15, 0.2) is 0 Å². The van der Waals surface area contributed by atoms with Crippen molar-refractivity contribution >= 4 is 11.4 Å². The molecule has 0 saturated carbocycles. The number of nitrogens with zero attached hydrogens (tertiary/aromatic N) is 2. The molecule has 0 spiro atoms. The van der Waals surface area contributed by atoms with Crippen LogP contribution in [0.5, 0.6) is 0 Å². The van der Waals surface area contributed by atoms with Gasteiger partial charge in [-0.2, -0.15) is 0 Å². The van der Waals surface area contributed by atoms with E-state index >= 15 is 0 Å². The molecule has 0 radical (unpaired) electrons. The molecule has 1 atom stereocenters. The van der Waals surface area contributed by atoms with Gasteiger partial charge >= 0.3 is 0 Å². The molecule has 1 saturated heterocycles. The number of aliphatic hydroxyl groups excluding tert-OH is 1. The summed E-state index contributed by atoms with van der Waals surface area (Å²) in [4.78, 5) is 11.9. The van der Waals surface area contributed by atoms with E-state index < -0.39 is 11.3 Å². The first-order valence-electron chi connectivity index (χ1n) is 6.95. The second-order valence-corrected chi connectivity index (χ2v) is 5.27. The van der Waals surface area contributed by atoms with Crippen LogP contribution in [-0.2, 0) is 0 Å². The quantitative estimate of drug-likeness (QED) is 0.670. The van der Waals surface area contributed by atoms with E-state index in [0.29, 0.717) is 25.2 Å². The third-order valence-electron chi connectivity index (χ3n) is 3.85. The van der Waals surface area contributed by atoms with E-state index in [1.165, 1.54) is 12.1 Å². The van der Waals surface area contributed by atoms with Gasteiger partial charge in [0.25, 0.3) is 12.1 Å². The molecule has 0 bridgehead atoms. The molecule has 116 valence electrons. The lowest BCUT2D eigenvalue weighted by Crippen LogP contribution is -2.36. The molecule has 5 nitrogen and oxygen atoms in total. The summed E-state index contributed by atoms with van der Waals surface area (Å²) >= 11 is 0. The maximum atomic E-state index is 13.2. The van der Waals surface area contributed by atoms with Crippen molar-refractivity contribution in [3.05, 3.63) is 33.9 Å². The van der Waals surface area contributed by atoms with Gasteiger partial charge in [0.1, 0.15) is 0 Å². The van der Waals surface area contributed by atoms with Gasteiger partial charge < -0.3 is 10.0 Å². The number of nitro groups is 1. The monoisotopic (exact) mass is 300 g/mol. The van der Waals surface area contributed by atoms with Gasteiger partial charge in [-0.3, -0.25) is 10.1 Å². The highest BCUT2D eigenvalue weighted by atomic mass is 19.3. The number of hydrogen-bond acceptors (Lipinski definition) is 4. The van der Waals surface area contributed by atoms with E-state index in [4.69, 9.17) is 5.11 Å². The lowest BCUT2D eigenvalue weighted by molar-refractivity contribution is -0.385. The summed E-state index contributed by atoms with van der Waals surface area (Å²) in [6.45, 7) is 1.33. The highest BCUT2D eigenvalue weighted by Gasteiger charge is 2.25. The maximum absolute atomic E-state index is 13.2. The molecule has 1 heterocycles. The third-order valence-corrected chi connectivity index (χ3v) is 3.85. The van der Waals surface area contributed by atoms with Crippen molar-refractivity contribution in [2.45, 2.75) is 25.7 Å². The topological polar surface area (TPSA) is 66.6 Å². The summed E-state index contributed by atoms with van der Waals surface area (Å²) in [5.74, 6) is 0.268. The predicted octanol–water partition coefficient (Wildman–Crippen LogP) is 3.13. The maximum Gasteiger partial charge on any atom is 0.270 e. The number of nitro benzene ring substituents is 1. The van der Waals surface area contributed by atoms with Crippen LogP contribution in [0.4, 0.5) is 20.2 Å². The van der Waals surface area contributed by atoms with E-state index in [9.17, 15) is 18.9 Å². The van der Waals surface area contributed by atoms with Crippen molar-refractivity contribution in [2.24, 2.45) is 5.92 Å². The normalized spacial score (nSPS) is 19.0. The van der Waals surface area contributed by atoms with Crippen LogP contribution in [0.1, 0.15) is 31.3 Å². The molecule has 1 aliphatic heterocycles. The molecular weight excluding hydrogens is 282 g/mol. The fraction of sp³-hybridized carbons (Fsp3) is 0.571. The zero-order valence-corrected chi connectivity index (χ0v) is 11.5. The Hall–Kier alpha value is -1.76. The van der Waals surface area contributed by atoms with Gasteiger partial charge in [0.2, 0.25) is 0 Å². The summed E-state index contributed by atoms with van der Waals surface area (Å²) in [5, 5.41) is 19.7. The second kappa shape index (κ2) is 6.80. The van der Waals surface area contributed by atoms with Crippen molar-refractivity contribution < 1.29 is 18.8 Å². The number of piperidine rings is 1. The number of halogens is 2. The highest BCUT2D eigenvalue weighted by Crippen LogP contribution is 2.35. The van der Waals surface area contributed by atoms with Crippen molar-refractivity contribution in [3.8, 4) is 0 Å². The molecule has 1 aromatic carbocycles. The van der Waals surface area contributed by atoms with Crippen molar-refractivity contribution in [1.82, 2.24) is 0 Å². The molecule has 2 rings (SSSR count). The number of hydrogen-bond donors (Lipinski definition) is 1. The Balaban J connectivity index is 2.27. The van der Waals surface area contributed by atoms with Crippen LogP contribution in [0.2, 0.25) is 0 Å². The van der Waals surface area contributed by atoms with Crippen molar-refractivity contribution in [3.63, 3.8) is 0 Å². The minimum absolute atomic E-state index is 0.0838. The Bertz CT molecular complexity index is 509. The fourth-order valence-corrected chi connectivity index (χ4v) is 2.82. The lowest BCUT2D eigenvalue weighted by atomic mass is 9.94. The van der Waals surface area contributed by atoms with Gasteiger partial charge in [-0.05, 0) is 31.2 Å². The highest BCUT2D eigenvalue weighted by molar-refractivity contribution is 5.58. The van der Waals surface area contributed by atoms with E-state index in [-0.39, 0.29) is 23.8 Å². The van der Waals surface area contributed by atoms with Gasteiger partial charge in [0.05, 0.1) is 4.92 Å². The number of aliphatic hydroxyl groups is 1. The van der Waals surface area contributed by atoms with Crippen LogP contribution in [0, 0.1) is 16.0 Å². The standard InChI is InChI=1S/C14H18F2N2O3/c15-14(16)12-8-11(18(20)21)3-4-13(12)17-6-1-2-10(9-17)5-7-19/h3-4,8,10,14,19H,1-2,5-7,9H2. The smallest absolute Gasteiger partial charge is 0.270 e. The summed E-state index contributed by atoms with van der Waals surface area (Å²) in [5.41, 5.74) is -0.259. The summed E-state index contributed by atoms with van der Waals surface area (Å²) in [6, 6.07) is 3.62. The Labute approximate surface area is 121 Å². The molecule has 1 unspecified atom stereocenters. The van der Waals surface area contributed by atoms with E-state index in [0.717, 1.165) is 18.9 Å². The van der Waals surface area contributed by atoms with Crippen LogP contribution in [-0.4, -0.2) is 29.7 Å². The van der Waals surface area contributed by atoms with Gasteiger partial charge in [0, 0.05) is 43.1 Å². The summed E-state index contributed by atoms with van der Waals surface area (Å²) < 4.78 is 26.4. The van der Waals surface area contributed by atoms with Crippen molar-refractivity contribution in [2.75, 3.05) is 24.6 Å². The Morgan fingerprint density at radius 1 is 1.48 bits per heavy atom. The Morgan fingerprint density at radius 3 is 2.86 bits per heavy atom. The first-order valence-corrected chi connectivity index (χ1v) is 6.95.